The molecule has 0 bridgehead atoms. The van der Waals surface area contributed by atoms with Crippen LogP contribution < -0.4 is 10.6 Å². The van der Waals surface area contributed by atoms with E-state index in [-0.39, 0.29) is 30.7 Å². The fourth-order valence-corrected chi connectivity index (χ4v) is 5.29. The Morgan fingerprint density at radius 1 is 1.17 bits per heavy atom. The summed E-state index contributed by atoms with van der Waals surface area (Å²) in [6.07, 6.45) is 0.550. The van der Waals surface area contributed by atoms with Gasteiger partial charge in [-0.3, -0.25) is 24.6 Å². The molecule has 5 rings (SSSR count). The number of rotatable bonds is 3. The van der Waals surface area contributed by atoms with Gasteiger partial charge in [-0.15, -0.1) is 0 Å². The molecular weight excluding hydrogens is 394 g/mol. The molecule has 0 aliphatic carbocycles. The molecule has 0 spiro atoms. The monoisotopic (exact) mass is 418 g/mol. The third-order valence-corrected chi connectivity index (χ3v) is 6.83. The average molecular weight is 418 g/mol. The molecule has 1 aromatic carbocycles. The maximum absolute atomic E-state index is 14.2. The zero-order valence-corrected chi connectivity index (χ0v) is 16.5. The first-order chi connectivity index (χ1) is 14.3. The van der Waals surface area contributed by atoms with Gasteiger partial charge in [0.15, 0.2) is 0 Å². The largest absolute Gasteiger partial charge is 0.322 e. The lowest BCUT2D eigenvalue weighted by Gasteiger charge is -2.33. The molecule has 1 aromatic rings. The number of amides is 3. The van der Waals surface area contributed by atoms with E-state index in [0.717, 1.165) is 11.1 Å². The summed E-state index contributed by atoms with van der Waals surface area (Å²) < 4.78 is 28.4. The minimum atomic E-state index is -2.69. The molecule has 30 heavy (non-hydrogen) atoms. The smallest absolute Gasteiger partial charge is 0.264 e. The third kappa shape index (κ3) is 3.30. The van der Waals surface area contributed by atoms with E-state index in [0.29, 0.717) is 44.7 Å². The normalized spacial score (nSPS) is 30.9. The van der Waals surface area contributed by atoms with E-state index in [9.17, 15) is 23.2 Å². The van der Waals surface area contributed by atoms with Crippen molar-refractivity contribution in [3.8, 4) is 0 Å². The standard InChI is InChI=1S/C21H24F2N4O3/c22-21(23)11-24-6-14-8-26(10-16(14)21)7-12-1-2-13-9-27(20(30)15(13)5-12)17-3-4-18(28)25-19(17)29/h1-2,5,14,16-17,24H,3-4,6-11H2,(H,25,28,29)/t14-,16+,17?/m1/s1. The van der Waals surface area contributed by atoms with Gasteiger partial charge in [-0.25, -0.2) is 8.78 Å². The highest BCUT2D eigenvalue weighted by molar-refractivity contribution is 6.05. The number of piperidine rings is 2. The fraction of sp³-hybridized carbons (Fsp3) is 0.571. The van der Waals surface area contributed by atoms with Crippen LogP contribution in [0.4, 0.5) is 8.78 Å². The van der Waals surface area contributed by atoms with Crippen LogP contribution in [0.5, 0.6) is 0 Å². The number of fused-ring (bicyclic) bond motifs is 2. The predicted octanol–water partition coefficient (Wildman–Crippen LogP) is 0.734. The van der Waals surface area contributed by atoms with Crippen molar-refractivity contribution in [2.24, 2.45) is 11.8 Å². The summed E-state index contributed by atoms with van der Waals surface area (Å²) in [6.45, 7) is 2.17. The minimum absolute atomic E-state index is 0.0622. The SMILES string of the molecule is O=C1CCC(N2Cc3ccc(CN4C[C@H]5CNCC(F)(F)[C@H]5C4)cc3C2=O)C(=O)N1. The van der Waals surface area contributed by atoms with Gasteiger partial charge in [0.05, 0.1) is 6.54 Å². The second kappa shape index (κ2) is 7.09. The van der Waals surface area contributed by atoms with E-state index in [1.54, 1.807) is 0 Å². The van der Waals surface area contributed by atoms with E-state index in [2.05, 4.69) is 10.6 Å². The first-order valence-corrected chi connectivity index (χ1v) is 10.4. The van der Waals surface area contributed by atoms with Crippen LogP contribution in [0.1, 0.15) is 34.3 Å². The van der Waals surface area contributed by atoms with Gasteiger partial charge in [0.1, 0.15) is 6.04 Å². The highest BCUT2D eigenvalue weighted by atomic mass is 19.3. The van der Waals surface area contributed by atoms with Crippen LogP contribution in [0.3, 0.4) is 0 Å². The Hall–Kier alpha value is -2.39. The Morgan fingerprint density at radius 3 is 2.77 bits per heavy atom. The molecule has 3 saturated heterocycles. The van der Waals surface area contributed by atoms with E-state index in [1.807, 2.05) is 23.1 Å². The highest BCUT2D eigenvalue weighted by Gasteiger charge is 2.51. The predicted molar refractivity (Wildman–Crippen MR) is 103 cm³/mol. The number of benzene rings is 1. The van der Waals surface area contributed by atoms with Crippen molar-refractivity contribution in [1.82, 2.24) is 20.4 Å². The lowest BCUT2D eigenvalue weighted by Crippen LogP contribution is -2.52. The van der Waals surface area contributed by atoms with Crippen LogP contribution in [-0.2, 0) is 22.7 Å². The van der Waals surface area contributed by atoms with Crippen molar-refractivity contribution in [2.75, 3.05) is 26.2 Å². The molecule has 4 aliphatic heterocycles. The fourth-order valence-electron chi connectivity index (χ4n) is 5.29. The zero-order chi connectivity index (χ0) is 21.0. The summed E-state index contributed by atoms with van der Waals surface area (Å²) in [4.78, 5) is 40.0. The third-order valence-electron chi connectivity index (χ3n) is 6.83. The molecule has 7 nitrogen and oxygen atoms in total. The minimum Gasteiger partial charge on any atom is -0.322 e. The van der Waals surface area contributed by atoms with Gasteiger partial charge in [0.2, 0.25) is 11.8 Å². The Labute approximate surface area is 172 Å². The van der Waals surface area contributed by atoms with Gasteiger partial charge in [0.25, 0.3) is 11.8 Å². The summed E-state index contributed by atoms with van der Waals surface area (Å²) in [5.41, 5.74) is 2.31. The van der Waals surface area contributed by atoms with Crippen LogP contribution in [0.2, 0.25) is 0 Å². The van der Waals surface area contributed by atoms with Crippen molar-refractivity contribution >= 4 is 17.7 Å². The van der Waals surface area contributed by atoms with Crippen molar-refractivity contribution < 1.29 is 23.2 Å². The average Bonchev–Trinajstić information content (AvgIpc) is 3.24. The molecule has 0 saturated carbocycles. The highest BCUT2D eigenvalue weighted by Crippen LogP contribution is 2.39. The van der Waals surface area contributed by atoms with Crippen molar-refractivity contribution in [1.29, 1.82) is 0 Å². The number of likely N-dealkylation sites (tertiary alicyclic amines) is 1. The van der Waals surface area contributed by atoms with Crippen LogP contribution in [0.15, 0.2) is 18.2 Å². The van der Waals surface area contributed by atoms with Crippen LogP contribution in [0.25, 0.3) is 0 Å². The van der Waals surface area contributed by atoms with Gasteiger partial charge < -0.3 is 10.2 Å². The molecule has 3 fully saturated rings. The summed E-state index contributed by atoms with van der Waals surface area (Å²) in [5, 5.41) is 5.13. The summed E-state index contributed by atoms with van der Waals surface area (Å²) in [5.74, 6) is -4.33. The maximum Gasteiger partial charge on any atom is 0.264 e. The molecular formula is C21H24F2N4O3. The number of halogens is 2. The second-order valence-electron chi connectivity index (χ2n) is 8.84. The maximum atomic E-state index is 14.2. The lowest BCUT2D eigenvalue weighted by molar-refractivity contribution is -0.136. The molecule has 9 heteroatoms. The quantitative estimate of drug-likeness (QED) is 0.708. The zero-order valence-electron chi connectivity index (χ0n) is 16.5. The van der Waals surface area contributed by atoms with Gasteiger partial charge in [-0.05, 0) is 36.1 Å². The molecule has 160 valence electrons. The van der Waals surface area contributed by atoms with E-state index in [1.165, 1.54) is 4.90 Å². The van der Waals surface area contributed by atoms with Crippen LogP contribution in [-0.4, -0.2) is 65.7 Å². The number of carbonyl (C=O) groups is 3. The molecule has 3 amide bonds. The van der Waals surface area contributed by atoms with Crippen molar-refractivity contribution in [3.63, 3.8) is 0 Å². The molecule has 4 heterocycles. The molecule has 2 N–H and O–H groups in total. The number of hydrogen-bond acceptors (Lipinski definition) is 5. The molecule has 1 unspecified atom stereocenters. The van der Waals surface area contributed by atoms with Gasteiger partial charge in [-0.2, -0.15) is 0 Å². The van der Waals surface area contributed by atoms with Crippen LogP contribution >= 0.6 is 0 Å². The van der Waals surface area contributed by atoms with Gasteiger partial charge in [0, 0.05) is 44.1 Å². The van der Waals surface area contributed by atoms with Gasteiger partial charge in [-0.1, -0.05) is 12.1 Å². The number of hydrogen-bond donors (Lipinski definition) is 2. The Bertz CT molecular complexity index is 922. The Kier molecular flexibility index (Phi) is 4.62. The van der Waals surface area contributed by atoms with Gasteiger partial charge >= 0.3 is 0 Å². The first kappa shape index (κ1) is 19.6. The topological polar surface area (TPSA) is 81.8 Å². The summed E-state index contributed by atoms with van der Waals surface area (Å²) >= 11 is 0. The molecule has 3 atom stereocenters. The first-order valence-electron chi connectivity index (χ1n) is 10.4. The molecule has 0 aromatic heterocycles. The Balaban J connectivity index is 1.29. The van der Waals surface area contributed by atoms with E-state index in [4.69, 9.17) is 0 Å². The number of nitrogens with one attached hydrogen (secondary N) is 2. The molecule has 4 aliphatic rings. The van der Waals surface area contributed by atoms with Crippen molar-refractivity contribution in [3.05, 3.63) is 34.9 Å². The summed E-state index contributed by atoms with van der Waals surface area (Å²) in [6, 6.07) is 5.00. The van der Waals surface area contributed by atoms with E-state index < -0.39 is 23.8 Å². The Morgan fingerprint density at radius 2 is 2.00 bits per heavy atom. The number of carbonyl (C=O) groups excluding carboxylic acids is 3. The lowest BCUT2D eigenvalue weighted by atomic mass is 9.87. The number of alkyl halides is 2. The second-order valence-corrected chi connectivity index (χ2v) is 8.84. The van der Waals surface area contributed by atoms with Crippen LogP contribution in [0, 0.1) is 11.8 Å². The number of imide groups is 1. The van der Waals surface area contributed by atoms with Crippen molar-refractivity contribution in [2.45, 2.75) is 37.9 Å². The molecule has 0 radical (unpaired) electrons. The van der Waals surface area contributed by atoms with E-state index >= 15 is 0 Å². The summed E-state index contributed by atoms with van der Waals surface area (Å²) in [7, 11) is 0. The number of nitrogens with zero attached hydrogens (tertiary/aromatic N) is 2.